The molecule has 1 atom stereocenters. The van der Waals surface area contributed by atoms with Crippen molar-refractivity contribution in [2.75, 3.05) is 79.8 Å². The fourth-order valence-corrected chi connectivity index (χ4v) is 3.32. The van der Waals surface area contributed by atoms with E-state index >= 15 is 0 Å². The van der Waals surface area contributed by atoms with Gasteiger partial charge in [0, 0.05) is 59.0 Å². The van der Waals surface area contributed by atoms with E-state index in [2.05, 4.69) is 48.3 Å². The molecular weight excluding hydrogens is 469 g/mol. The molecule has 1 aliphatic rings. The summed E-state index contributed by atoms with van der Waals surface area (Å²) in [5, 5.41) is 6.85. The summed E-state index contributed by atoms with van der Waals surface area (Å²) in [4.78, 5) is 9.75. The van der Waals surface area contributed by atoms with Crippen LogP contribution in [0.2, 0.25) is 0 Å². The van der Waals surface area contributed by atoms with Crippen molar-refractivity contribution in [3.63, 3.8) is 0 Å². The topological polar surface area (TPSA) is 61.4 Å². The predicted molar refractivity (Wildman–Crippen MR) is 129 cm³/mol. The molecule has 0 radical (unpaired) electrons. The molecule has 1 saturated heterocycles. The Hall–Kier alpha value is -0.160. The van der Waals surface area contributed by atoms with E-state index in [0.717, 1.165) is 78.0 Å². The largest absolute Gasteiger partial charge is 0.385 e. The number of morpholine rings is 1. The van der Waals surface area contributed by atoms with Gasteiger partial charge in [0.05, 0.1) is 19.8 Å². The number of aliphatic imine (C=N–C) groups is 1. The third-order valence-electron chi connectivity index (χ3n) is 4.78. The van der Waals surface area contributed by atoms with Crippen LogP contribution in [0.15, 0.2) is 4.99 Å². The zero-order valence-corrected chi connectivity index (χ0v) is 21.0. The van der Waals surface area contributed by atoms with E-state index in [1.165, 1.54) is 6.42 Å². The molecule has 8 heteroatoms. The number of methoxy groups -OCH3 is 1. The van der Waals surface area contributed by atoms with Gasteiger partial charge in [0.25, 0.3) is 0 Å². The maximum absolute atomic E-state index is 5.51. The SMILES string of the molecule is CCNC(=NCC(CC(C)C)N1CCOCC1)NCCN(C)CCCOC.I. The number of rotatable bonds is 13. The zero-order valence-electron chi connectivity index (χ0n) is 18.7. The summed E-state index contributed by atoms with van der Waals surface area (Å²) in [6.07, 6.45) is 2.24. The van der Waals surface area contributed by atoms with Crippen molar-refractivity contribution < 1.29 is 9.47 Å². The second kappa shape index (κ2) is 17.7. The maximum atomic E-state index is 5.51. The minimum atomic E-state index is 0. The van der Waals surface area contributed by atoms with Crippen molar-refractivity contribution in [3.05, 3.63) is 0 Å². The number of nitrogens with one attached hydrogen (secondary N) is 2. The van der Waals surface area contributed by atoms with E-state index in [4.69, 9.17) is 14.5 Å². The third-order valence-corrected chi connectivity index (χ3v) is 4.78. The Kier molecular flexibility index (Phi) is 17.6. The van der Waals surface area contributed by atoms with Crippen molar-refractivity contribution in [2.24, 2.45) is 10.9 Å². The minimum Gasteiger partial charge on any atom is -0.385 e. The van der Waals surface area contributed by atoms with Gasteiger partial charge in [0.1, 0.15) is 0 Å². The molecule has 0 aromatic heterocycles. The number of nitrogens with zero attached hydrogens (tertiary/aromatic N) is 3. The molecule has 0 spiro atoms. The van der Waals surface area contributed by atoms with E-state index in [0.29, 0.717) is 12.0 Å². The van der Waals surface area contributed by atoms with E-state index < -0.39 is 0 Å². The molecular formula is C20H44IN5O2. The minimum absolute atomic E-state index is 0. The Bertz CT molecular complexity index is 393. The first-order valence-corrected chi connectivity index (χ1v) is 10.6. The average Bonchev–Trinajstić information content (AvgIpc) is 2.65. The van der Waals surface area contributed by atoms with Crippen LogP contribution in [0.3, 0.4) is 0 Å². The lowest BCUT2D eigenvalue weighted by Crippen LogP contribution is -2.46. The third kappa shape index (κ3) is 13.1. The molecule has 1 fully saturated rings. The smallest absolute Gasteiger partial charge is 0.191 e. The summed E-state index contributed by atoms with van der Waals surface area (Å²) in [6.45, 7) is 15.9. The summed E-state index contributed by atoms with van der Waals surface area (Å²) in [7, 11) is 3.91. The summed E-state index contributed by atoms with van der Waals surface area (Å²) >= 11 is 0. The van der Waals surface area contributed by atoms with Gasteiger partial charge in [-0.1, -0.05) is 13.8 Å². The molecule has 0 aromatic rings. The highest BCUT2D eigenvalue weighted by Gasteiger charge is 2.21. The van der Waals surface area contributed by atoms with Crippen molar-refractivity contribution in [3.8, 4) is 0 Å². The van der Waals surface area contributed by atoms with Crippen LogP contribution < -0.4 is 10.6 Å². The molecule has 1 aliphatic heterocycles. The summed E-state index contributed by atoms with van der Waals surface area (Å²) in [5.41, 5.74) is 0. The number of guanidine groups is 1. The van der Waals surface area contributed by atoms with Crippen LogP contribution in [-0.2, 0) is 9.47 Å². The maximum Gasteiger partial charge on any atom is 0.191 e. The lowest BCUT2D eigenvalue weighted by molar-refractivity contribution is 0.0143. The zero-order chi connectivity index (χ0) is 19.9. The average molecular weight is 514 g/mol. The second-order valence-electron chi connectivity index (χ2n) is 7.73. The fraction of sp³-hybridized carbons (Fsp3) is 0.950. The Morgan fingerprint density at radius 3 is 2.54 bits per heavy atom. The van der Waals surface area contributed by atoms with Gasteiger partial charge in [0.2, 0.25) is 0 Å². The van der Waals surface area contributed by atoms with Gasteiger partial charge >= 0.3 is 0 Å². The first-order chi connectivity index (χ1) is 13.1. The van der Waals surface area contributed by atoms with Crippen LogP contribution in [0.4, 0.5) is 0 Å². The lowest BCUT2D eigenvalue weighted by atomic mass is 10.0. The van der Waals surface area contributed by atoms with E-state index in [1.54, 1.807) is 7.11 Å². The van der Waals surface area contributed by atoms with Crippen LogP contribution in [0, 0.1) is 5.92 Å². The number of halogens is 1. The molecule has 1 unspecified atom stereocenters. The number of likely N-dealkylation sites (N-methyl/N-ethyl adjacent to an activating group) is 1. The quantitative estimate of drug-likeness (QED) is 0.170. The lowest BCUT2D eigenvalue weighted by Gasteiger charge is -2.34. The number of hydrogen-bond donors (Lipinski definition) is 2. The molecule has 0 aromatic carbocycles. The Balaban J connectivity index is 0.00000729. The van der Waals surface area contributed by atoms with Gasteiger partial charge in [-0.05, 0) is 32.7 Å². The highest BCUT2D eigenvalue weighted by molar-refractivity contribution is 14.0. The molecule has 1 rings (SSSR count). The van der Waals surface area contributed by atoms with Gasteiger partial charge in [-0.25, -0.2) is 0 Å². The van der Waals surface area contributed by atoms with E-state index in [1.807, 2.05) is 0 Å². The molecule has 0 amide bonds. The van der Waals surface area contributed by atoms with E-state index in [-0.39, 0.29) is 24.0 Å². The van der Waals surface area contributed by atoms with Gasteiger partial charge in [-0.15, -0.1) is 24.0 Å². The van der Waals surface area contributed by atoms with Gasteiger partial charge < -0.3 is 25.0 Å². The van der Waals surface area contributed by atoms with Crippen LogP contribution in [0.5, 0.6) is 0 Å². The molecule has 0 bridgehead atoms. The number of ether oxygens (including phenoxy) is 2. The molecule has 1 heterocycles. The van der Waals surface area contributed by atoms with Crippen LogP contribution in [0.1, 0.15) is 33.6 Å². The highest BCUT2D eigenvalue weighted by atomic mass is 127. The first-order valence-electron chi connectivity index (χ1n) is 10.6. The first kappa shape index (κ1) is 27.8. The highest BCUT2D eigenvalue weighted by Crippen LogP contribution is 2.14. The standard InChI is InChI=1S/C20H43N5O2.HI/c1-6-21-20(22-8-10-24(4)9-7-13-26-5)23-17-19(16-18(2)3)25-11-14-27-15-12-25;/h18-19H,6-17H2,1-5H3,(H2,21,22,23);1H. The Morgan fingerprint density at radius 2 is 1.93 bits per heavy atom. The molecule has 2 N–H and O–H groups in total. The monoisotopic (exact) mass is 513 g/mol. The Labute approximate surface area is 190 Å². The molecule has 0 aliphatic carbocycles. The second-order valence-corrected chi connectivity index (χ2v) is 7.73. The Morgan fingerprint density at radius 1 is 1.21 bits per heavy atom. The number of hydrogen-bond acceptors (Lipinski definition) is 5. The molecule has 28 heavy (non-hydrogen) atoms. The van der Waals surface area contributed by atoms with Crippen molar-refractivity contribution >= 4 is 29.9 Å². The van der Waals surface area contributed by atoms with Crippen molar-refractivity contribution in [1.82, 2.24) is 20.4 Å². The molecule has 168 valence electrons. The van der Waals surface area contributed by atoms with Crippen molar-refractivity contribution in [2.45, 2.75) is 39.7 Å². The molecule has 7 nitrogen and oxygen atoms in total. The van der Waals surface area contributed by atoms with Gasteiger partial charge in [-0.3, -0.25) is 9.89 Å². The van der Waals surface area contributed by atoms with Gasteiger partial charge in [-0.2, -0.15) is 0 Å². The van der Waals surface area contributed by atoms with Crippen LogP contribution in [0.25, 0.3) is 0 Å². The fourth-order valence-electron chi connectivity index (χ4n) is 3.32. The summed E-state index contributed by atoms with van der Waals surface area (Å²) in [6, 6.07) is 0.487. The molecule has 0 saturated carbocycles. The van der Waals surface area contributed by atoms with E-state index in [9.17, 15) is 0 Å². The van der Waals surface area contributed by atoms with Crippen LogP contribution in [-0.4, -0.2) is 102 Å². The van der Waals surface area contributed by atoms with Crippen molar-refractivity contribution in [1.29, 1.82) is 0 Å². The summed E-state index contributed by atoms with van der Waals surface area (Å²) < 4.78 is 10.6. The van der Waals surface area contributed by atoms with Gasteiger partial charge in [0.15, 0.2) is 5.96 Å². The summed E-state index contributed by atoms with van der Waals surface area (Å²) in [5.74, 6) is 1.59. The van der Waals surface area contributed by atoms with Crippen LogP contribution >= 0.6 is 24.0 Å². The normalized spacial score (nSPS) is 16.9. The predicted octanol–water partition coefficient (Wildman–Crippen LogP) is 1.87.